The van der Waals surface area contributed by atoms with Gasteiger partial charge in [0.1, 0.15) is 0 Å². The van der Waals surface area contributed by atoms with Crippen molar-refractivity contribution in [3.05, 3.63) is 11.8 Å². The largest absolute Gasteiger partial charge is 0.157 e. The molecule has 2 aliphatic rings. The molecule has 0 bridgehead atoms. The predicted octanol–water partition coefficient (Wildman–Crippen LogP) is 1.28. The van der Waals surface area contributed by atoms with E-state index < -0.39 is 0 Å². The Bertz CT molecular complexity index is 264. The summed E-state index contributed by atoms with van der Waals surface area (Å²) in [6, 6.07) is 0. The van der Waals surface area contributed by atoms with Gasteiger partial charge in [-0.05, 0) is 12.8 Å². The average molecular weight is 145 g/mol. The van der Waals surface area contributed by atoms with E-state index in [1.54, 1.807) is 6.20 Å². The number of rotatable bonds is 1. The van der Waals surface area contributed by atoms with E-state index in [1.165, 1.54) is 19.3 Å². The molecule has 1 fully saturated rings. The Morgan fingerprint density at radius 1 is 1.55 bits per heavy atom. The Morgan fingerprint density at radius 3 is 2.91 bits per heavy atom. The summed E-state index contributed by atoms with van der Waals surface area (Å²) in [5.41, 5.74) is 5.73. The number of terminal acetylenes is 1. The number of allylic oxidation sites excluding steroid dienone is 1. The second kappa shape index (κ2) is 2.43. The van der Waals surface area contributed by atoms with E-state index in [-0.39, 0.29) is 0 Å². The van der Waals surface area contributed by atoms with Gasteiger partial charge >= 0.3 is 0 Å². The van der Waals surface area contributed by atoms with Crippen molar-refractivity contribution < 1.29 is 0 Å². The quantitative estimate of drug-likeness (QED) is 0.497. The molecule has 1 aliphatic carbocycles. The lowest BCUT2D eigenvalue weighted by Gasteiger charge is -2.24. The SMILES string of the molecule is C#CC1=C[N]N=C1C1CCC1. The highest BCUT2D eigenvalue weighted by atomic mass is 15.3. The van der Waals surface area contributed by atoms with Gasteiger partial charge in [-0.3, -0.25) is 0 Å². The molecule has 0 aromatic heterocycles. The van der Waals surface area contributed by atoms with Gasteiger partial charge in [0.25, 0.3) is 0 Å². The average Bonchev–Trinajstić information content (AvgIpc) is 2.32. The Kier molecular flexibility index (Phi) is 1.43. The summed E-state index contributed by atoms with van der Waals surface area (Å²) in [5, 5.41) is 4.02. The summed E-state index contributed by atoms with van der Waals surface area (Å²) in [6.07, 6.45) is 10.7. The highest BCUT2D eigenvalue weighted by molar-refractivity contribution is 6.06. The first-order valence-corrected chi connectivity index (χ1v) is 3.86. The third kappa shape index (κ3) is 0.932. The van der Waals surface area contributed by atoms with Crippen molar-refractivity contribution in [1.82, 2.24) is 5.43 Å². The van der Waals surface area contributed by atoms with Crippen molar-refractivity contribution in [2.45, 2.75) is 19.3 Å². The van der Waals surface area contributed by atoms with Crippen LogP contribution in [0.25, 0.3) is 0 Å². The van der Waals surface area contributed by atoms with E-state index >= 15 is 0 Å². The molecular formula is C9H9N2. The van der Waals surface area contributed by atoms with Gasteiger partial charge in [-0.2, -0.15) is 10.5 Å². The Balaban J connectivity index is 2.15. The second-order valence-electron chi connectivity index (χ2n) is 2.92. The fourth-order valence-electron chi connectivity index (χ4n) is 1.36. The number of hydrogen-bond acceptors (Lipinski definition) is 1. The lowest BCUT2D eigenvalue weighted by atomic mass is 9.79. The molecule has 1 aliphatic heterocycles. The molecule has 2 nitrogen and oxygen atoms in total. The van der Waals surface area contributed by atoms with Crippen LogP contribution >= 0.6 is 0 Å². The Labute approximate surface area is 66.4 Å². The minimum atomic E-state index is 0.601. The number of hydrogen-bond donors (Lipinski definition) is 0. The molecule has 0 unspecified atom stereocenters. The number of nitrogens with zero attached hydrogens (tertiary/aromatic N) is 2. The van der Waals surface area contributed by atoms with E-state index in [0.717, 1.165) is 11.3 Å². The fraction of sp³-hybridized carbons (Fsp3) is 0.444. The normalized spacial score (nSPS) is 22.8. The van der Waals surface area contributed by atoms with Gasteiger partial charge in [0.15, 0.2) is 0 Å². The van der Waals surface area contributed by atoms with E-state index in [2.05, 4.69) is 16.4 Å². The highest BCUT2D eigenvalue weighted by Crippen LogP contribution is 2.31. The smallest absolute Gasteiger partial charge is 0.0833 e. The van der Waals surface area contributed by atoms with Crippen LogP contribution in [0.15, 0.2) is 16.9 Å². The maximum atomic E-state index is 5.28. The molecule has 0 aromatic rings. The van der Waals surface area contributed by atoms with Gasteiger partial charge in [0.05, 0.1) is 17.5 Å². The van der Waals surface area contributed by atoms with Crippen LogP contribution in [0.4, 0.5) is 0 Å². The zero-order chi connectivity index (χ0) is 7.68. The van der Waals surface area contributed by atoms with Gasteiger partial charge < -0.3 is 0 Å². The molecule has 11 heavy (non-hydrogen) atoms. The summed E-state index contributed by atoms with van der Waals surface area (Å²) in [5.74, 6) is 3.20. The third-order valence-electron chi connectivity index (χ3n) is 2.28. The van der Waals surface area contributed by atoms with Crippen LogP contribution in [0.5, 0.6) is 0 Å². The fourth-order valence-corrected chi connectivity index (χ4v) is 1.36. The molecule has 2 rings (SSSR count). The lowest BCUT2D eigenvalue weighted by Crippen LogP contribution is -2.22. The van der Waals surface area contributed by atoms with Crippen LogP contribution in [0, 0.1) is 18.3 Å². The second-order valence-corrected chi connectivity index (χ2v) is 2.92. The first-order chi connectivity index (χ1) is 5.42. The minimum Gasteiger partial charge on any atom is -0.157 e. The van der Waals surface area contributed by atoms with Crippen LogP contribution in [0.3, 0.4) is 0 Å². The van der Waals surface area contributed by atoms with Crippen LogP contribution in [0.1, 0.15) is 19.3 Å². The van der Waals surface area contributed by atoms with E-state index in [9.17, 15) is 0 Å². The predicted molar refractivity (Wildman–Crippen MR) is 43.8 cm³/mol. The molecule has 0 atom stereocenters. The van der Waals surface area contributed by atoms with Crippen molar-refractivity contribution >= 4 is 5.71 Å². The maximum absolute atomic E-state index is 5.28. The van der Waals surface area contributed by atoms with E-state index in [0.29, 0.717) is 5.92 Å². The van der Waals surface area contributed by atoms with Gasteiger partial charge in [-0.25, -0.2) is 0 Å². The van der Waals surface area contributed by atoms with Crippen LogP contribution in [-0.4, -0.2) is 5.71 Å². The van der Waals surface area contributed by atoms with Gasteiger partial charge in [-0.15, -0.1) is 6.42 Å². The maximum Gasteiger partial charge on any atom is 0.0833 e. The summed E-state index contributed by atoms with van der Waals surface area (Å²) in [4.78, 5) is 0. The molecule has 55 valence electrons. The molecular weight excluding hydrogens is 136 g/mol. The molecule has 0 spiro atoms. The zero-order valence-corrected chi connectivity index (χ0v) is 6.25. The van der Waals surface area contributed by atoms with Crippen molar-refractivity contribution in [2.24, 2.45) is 11.0 Å². The monoisotopic (exact) mass is 145 g/mol. The first kappa shape index (κ1) is 6.48. The van der Waals surface area contributed by atoms with Crippen molar-refractivity contribution in [3.63, 3.8) is 0 Å². The lowest BCUT2D eigenvalue weighted by molar-refractivity contribution is 0.413. The minimum absolute atomic E-state index is 0.601. The van der Waals surface area contributed by atoms with Crippen molar-refractivity contribution in [1.29, 1.82) is 0 Å². The van der Waals surface area contributed by atoms with Gasteiger partial charge in [-0.1, -0.05) is 12.3 Å². The summed E-state index contributed by atoms with van der Waals surface area (Å²) >= 11 is 0. The molecule has 0 amide bonds. The molecule has 0 saturated heterocycles. The van der Waals surface area contributed by atoms with Crippen LogP contribution < -0.4 is 5.43 Å². The Morgan fingerprint density at radius 2 is 2.36 bits per heavy atom. The van der Waals surface area contributed by atoms with Crippen molar-refractivity contribution in [3.8, 4) is 12.3 Å². The molecule has 0 N–H and O–H groups in total. The topological polar surface area (TPSA) is 26.5 Å². The highest BCUT2D eigenvalue weighted by Gasteiger charge is 2.27. The molecule has 0 aromatic carbocycles. The third-order valence-corrected chi connectivity index (χ3v) is 2.28. The molecule has 1 heterocycles. The summed E-state index contributed by atoms with van der Waals surface area (Å²) < 4.78 is 0. The van der Waals surface area contributed by atoms with E-state index in [1.807, 2.05) is 0 Å². The Hall–Kier alpha value is -1.23. The van der Waals surface area contributed by atoms with Gasteiger partial charge in [0, 0.05) is 5.92 Å². The molecule has 2 heteroatoms. The van der Waals surface area contributed by atoms with Gasteiger partial charge in [0.2, 0.25) is 0 Å². The first-order valence-electron chi connectivity index (χ1n) is 3.86. The molecule has 1 radical (unpaired) electrons. The van der Waals surface area contributed by atoms with E-state index in [4.69, 9.17) is 6.42 Å². The summed E-state index contributed by atoms with van der Waals surface area (Å²) in [6.45, 7) is 0. The van der Waals surface area contributed by atoms with Crippen molar-refractivity contribution in [2.75, 3.05) is 0 Å². The van der Waals surface area contributed by atoms with Crippen LogP contribution in [-0.2, 0) is 0 Å². The zero-order valence-electron chi connectivity index (χ0n) is 6.25. The molecule has 1 saturated carbocycles. The van der Waals surface area contributed by atoms with Crippen LogP contribution in [0.2, 0.25) is 0 Å². The summed E-state index contributed by atoms with van der Waals surface area (Å²) in [7, 11) is 0. The standard InChI is InChI=1S/C9H9N2/c1-2-7-6-10-11-9(7)8-4-3-5-8/h1,6,8H,3-5H2.